The zero-order valence-electron chi connectivity index (χ0n) is 11.1. The van der Waals surface area contributed by atoms with Gasteiger partial charge in [0.05, 0.1) is 13.0 Å². The molecule has 1 amide bonds. The van der Waals surface area contributed by atoms with Gasteiger partial charge in [-0.3, -0.25) is 10.1 Å². The summed E-state index contributed by atoms with van der Waals surface area (Å²) in [5.74, 6) is 1.28. The molecule has 0 atom stereocenters. The second-order valence-electron chi connectivity index (χ2n) is 4.16. The van der Waals surface area contributed by atoms with Gasteiger partial charge in [0, 0.05) is 19.4 Å². The highest BCUT2D eigenvalue weighted by atomic mass is 16.5. The van der Waals surface area contributed by atoms with Crippen LogP contribution >= 0.6 is 0 Å². The summed E-state index contributed by atoms with van der Waals surface area (Å²) in [6, 6.07) is 7.52. The molecular formula is C14H17N3O2. The number of hydrogen-bond acceptors (Lipinski definition) is 3. The lowest BCUT2D eigenvalue weighted by Gasteiger charge is -2.06. The number of imidazole rings is 1. The monoisotopic (exact) mass is 259 g/mol. The number of aryl methyl sites for hydroxylation is 1. The minimum Gasteiger partial charge on any atom is -0.494 e. The molecule has 0 saturated carbocycles. The Labute approximate surface area is 112 Å². The first-order valence-corrected chi connectivity index (χ1v) is 6.18. The molecule has 0 radical (unpaired) electrons. The zero-order valence-corrected chi connectivity index (χ0v) is 11.1. The van der Waals surface area contributed by atoms with Crippen molar-refractivity contribution in [2.45, 2.75) is 13.3 Å². The number of nitrogens with zero attached hydrogens (tertiary/aromatic N) is 2. The van der Waals surface area contributed by atoms with Crippen LogP contribution in [0.5, 0.6) is 5.75 Å². The fraction of sp³-hybridized carbons (Fsp3) is 0.286. The first kappa shape index (κ1) is 13.1. The number of nitrogens with one attached hydrogen (secondary N) is 1. The van der Waals surface area contributed by atoms with Gasteiger partial charge in [-0.15, -0.1) is 0 Å². The summed E-state index contributed by atoms with van der Waals surface area (Å²) in [5, 5.41) is 2.76. The second-order valence-corrected chi connectivity index (χ2v) is 4.16. The number of ether oxygens (including phenoxy) is 1. The van der Waals surface area contributed by atoms with Gasteiger partial charge in [0.15, 0.2) is 0 Å². The quantitative estimate of drug-likeness (QED) is 0.893. The SMILES string of the molecule is CCOc1ccc(CC(=O)Nc2nccn2C)cc1. The third kappa shape index (κ3) is 3.58. The van der Waals surface area contributed by atoms with Crippen molar-refractivity contribution in [3.63, 3.8) is 0 Å². The van der Waals surface area contributed by atoms with Crippen LogP contribution in [0.4, 0.5) is 5.95 Å². The fourth-order valence-electron chi connectivity index (χ4n) is 1.71. The summed E-state index contributed by atoms with van der Waals surface area (Å²) >= 11 is 0. The van der Waals surface area contributed by atoms with E-state index >= 15 is 0 Å². The van der Waals surface area contributed by atoms with Gasteiger partial charge in [0.1, 0.15) is 5.75 Å². The average Bonchev–Trinajstić information content (AvgIpc) is 2.78. The van der Waals surface area contributed by atoms with Gasteiger partial charge in [-0.1, -0.05) is 12.1 Å². The van der Waals surface area contributed by atoms with Crippen molar-refractivity contribution in [2.24, 2.45) is 7.05 Å². The van der Waals surface area contributed by atoms with E-state index in [2.05, 4.69) is 10.3 Å². The molecule has 1 aromatic carbocycles. The molecule has 1 aromatic heterocycles. The van der Waals surface area contributed by atoms with Crippen LogP contribution in [-0.4, -0.2) is 22.1 Å². The number of hydrogen-bond donors (Lipinski definition) is 1. The highest BCUT2D eigenvalue weighted by Gasteiger charge is 2.07. The molecule has 0 spiro atoms. The standard InChI is InChI=1S/C14H17N3O2/c1-3-19-12-6-4-11(5-7-12)10-13(18)16-14-15-8-9-17(14)2/h4-9H,3,10H2,1-2H3,(H,15,16,18). The van der Waals surface area contributed by atoms with E-state index in [1.54, 1.807) is 17.0 Å². The first-order chi connectivity index (χ1) is 9.19. The minimum atomic E-state index is -0.0848. The first-order valence-electron chi connectivity index (χ1n) is 6.18. The molecule has 5 heteroatoms. The Bertz CT molecular complexity index is 546. The number of benzene rings is 1. The number of amides is 1. The normalized spacial score (nSPS) is 10.2. The van der Waals surface area contributed by atoms with Crippen molar-refractivity contribution in [3.8, 4) is 5.75 Å². The number of anilines is 1. The van der Waals surface area contributed by atoms with Crippen molar-refractivity contribution >= 4 is 11.9 Å². The van der Waals surface area contributed by atoms with E-state index in [1.165, 1.54) is 0 Å². The Balaban J connectivity index is 1.93. The Morgan fingerprint density at radius 1 is 1.37 bits per heavy atom. The Morgan fingerprint density at radius 3 is 2.68 bits per heavy atom. The van der Waals surface area contributed by atoms with Crippen LogP contribution in [0.25, 0.3) is 0 Å². The smallest absolute Gasteiger partial charge is 0.231 e. The maximum atomic E-state index is 11.8. The van der Waals surface area contributed by atoms with Crippen molar-refractivity contribution in [1.29, 1.82) is 0 Å². The molecule has 5 nitrogen and oxygen atoms in total. The highest BCUT2D eigenvalue weighted by Crippen LogP contribution is 2.13. The predicted molar refractivity (Wildman–Crippen MR) is 73.2 cm³/mol. The van der Waals surface area contributed by atoms with Crippen molar-refractivity contribution in [2.75, 3.05) is 11.9 Å². The largest absolute Gasteiger partial charge is 0.494 e. The van der Waals surface area contributed by atoms with Crippen LogP contribution in [0.3, 0.4) is 0 Å². The maximum Gasteiger partial charge on any atom is 0.231 e. The summed E-state index contributed by atoms with van der Waals surface area (Å²) in [5.41, 5.74) is 0.940. The van der Waals surface area contributed by atoms with E-state index in [-0.39, 0.29) is 5.91 Å². The molecule has 0 bridgehead atoms. The van der Waals surface area contributed by atoms with E-state index in [4.69, 9.17) is 4.74 Å². The summed E-state index contributed by atoms with van der Waals surface area (Å²) in [6.45, 7) is 2.58. The molecule has 19 heavy (non-hydrogen) atoms. The lowest BCUT2D eigenvalue weighted by Crippen LogP contribution is -2.17. The van der Waals surface area contributed by atoms with Crippen LogP contribution in [0.2, 0.25) is 0 Å². The molecule has 2 rings (SSSR count). The van der Waals surface area contributed by atoms with Crippen molar-refractivity contribution in [1.82, 2.24) is 9.55 Å². The third-order valence-electron chi connectivity index (χ3n) is 2.67. The van der Waals surface area contributed by atoms with E-state index in [0.717, 1.165) is 11.3 Å². The van der Waals surface area contributed by atoms with Gasteiger partial charge in [-0.2, -0.15) is 0 Å². The lowest BCUT2D eigenvalue weighted by atomic mass is 10.1. The van der Waals surface area contributed by atoms with Gasteiger partial charge in [-0.05, 0) is 24.6 Å². The number of rotatable bonds is 5. The van der Waals surface area contributed by atoms with Gasteiger partial charge < -0.3 is 9.30 Å². The summed E-state index contributed by atoms with van der Waals surface area (Å²) in [6.07, 6.45) is 3.75. The van der Waals surface area contributed by atoms with Crippen LogP contribution in [0.15, 0.2) is 36.7 Å². The average molecular weight is 259 g/mol. The third-order valence-corrected chi connectivity index (χ3v) is 2.67. The van der Waals surface area contributed by atoms with E-state index in [9.17, 15) is 4.79 Å². The maximum absolute atomic E-state index is 11.8. The van der Waals surface area contributed by atoms with Crippen LogP contribution in [0, 0.1) is 0 Å². The number of aromatic nitrogens is 2. The Kier molecular flexibility index (Phi) is 4.18. The fourth-order valence-corrected chi connectivity index (χ4v) is 1.71. The Hall–Kier alpha value is -2.30. The molecule has 2 aromatic rings. The highest BCUT2D eigenvalue weighted by molar-refractivity contribution is 5.90. The van der Waals surface area contributed by atoms with Crippen LogP contribution in [-0.2, 0) is 18.3 Å². The second kappa shape index (κ2) is 6.04. The summed E-state index contributed by atoms with van der Waals surface area (Å²) in [7, 11) is 1.83. The molecule has 0 aliphatic carbocycles. The molecule has 0 fully saturated rings. The number of carbonyl (C=O) groups excluding carboxylic acids is 1. The summed E-state index contributed by atoms with van der Waals surface area (Å²) < 4.78 is 7.11. The zero-order chi connectivity index (χ0) is 13.7. The topological polar surface area (TPSA) is 56.1 Å². The molecular weight excluding hydrogens is 242 g/mol. The van der Waals surface area contributed by atoms with Crippen molar-refractivity contribution in [3.05, 3.63) is 42.2 Å². The Morgan fingerprint density at radius 2 is 2.11 bits per heavy atom. The minimum absolute atomic E-state index is 0.0848. The molecule has 1 heterocycles. The molecule has 1 N–H and O–H groups in total. The van der Waals surface area contributed by atoms with E-state index < -0.39 is 0 Å². The number of carbonyl (C=O) groups is 1. The predicted octanol–water partition coefficient (Wildman–Crippen LogP) is 2.00. The van der Waals surface area contributed by atoms with Crippen LogP contribution in [0.1, 0.15) is 12.5 Å². The molecule has 100 valence electrons. The lowest BCUT2D eigenvalue weighted by molar-refractivity contribution is -0.115. The van der Waals surface area contributed by atoms with Gasteiger partial charge in [0.2, 0.25) is 11.9 Å². The van der Waals surface area contributed by atoms with Gasteiger partial charge in [0.25, 0.3) is 0 Å². The van der Waals surface area contributed by atoms with Crippen molar-refractivity contribution < 1.29 is 9.53 Å². The van der Waals surface area contributed by atoms with Gasteiger partial charge in [-0.25, -0.2) is 4.98 Å². The van der Waals surface area contributed by atoms with E-state index in [1.807, 2.05) is 38.2 Å². The summed E-state index contributed by atoms with van der Waals surface area (Å²) in [4.78, 5) is 15.9. The molecule has 0 saturated heterocycles. The van der Waals surface area contributed by atoms with Gasteiger partial charge >= 0.3 is 0 Å². The molecule has 0 unspecified atom stereocenters. The molecule has 0 aliphatic heterocycles. The van der Waals surface area contributed by atoms with E-state index in [0.29, 0.717) is 19.0 Å². The molecule has 0 aliphatic rings. The van der Waals surface area contributed by atoms with Crippen LogP contribution < -0.4 is 10.1 Å².